The second-order valence-corrected chi connectivity index (χ2v) is 8.23. The number of anilines is 2. The number of hydrogen-bond acceptors (Lipinski definition) is 3. The number of para-hydroxylation sites is 2. The highest BCUT2D eigenvalue weighted by Crippen LogP contribution is 2.30. The highest BCUT2D eigenvalue weighted by atomic mass is 15.0. The summed E-state index contributed by atoms with van der Waals surface area (Å²) in [4.78, 5) is 5.10. The molecule has 0 saturated carbocycles. The van der Waals surface area contributed by atoms with Crippen molar-refractivity contribution in [1.82, 2.24) is 4.98 Å². The van der Waals surface area contributed by atoms with E-state index >= 15 is 0 Å². The number of aryl methyl sites for hydroxylation is 4. The van der Waals surface area contributed by atoms with Crippen molar-refractivity contribution in [3.63, 3.8) is 0 Å². The highest BCUT2D eigenvalue weighted by Gasteiger charge is 2.17. The molecule has 0 aliphatic carbocycles. The number of pyridine rings is 1. The molecule has 0 amide bonds. The summed E-state index contributed by atoms with van der Waals surface area (Å²) in [7, 11) is 0. The molecule has 30 heavy (non-hydrogen) atoms. The minimum absolute atomic E-state index is 0.183. The Hall–Kier alpha value is -2.81. The molecule has 3 heteroatoms. The average molecular weight is 402 g/mol. The third-order valence-electron chi connectivity index (χ3n) is 5.92. The summed E-state index contributed by atoms with van der Waals surface area (Å²) < 4.78 is 0. The third-order valence-corrected chi connectivity index (χ3v) is 5.92. The van der Waals surface area contributed by atoms with Crippen LogP contribution in [0.2, 0.25) is 0 Å². The van der Waals surface area contributed by atoms with Gasteiger partial charge in [-0.2, -0.15) is 0 Å². The first kappa shape index (κ1) is 21.9. The van der Waals surface area contributed by atoms with Gasteiger partial charge in [0.15, 0.2) is 0 Å². The SMILES string of the molecule is CCC(Nc1c(C)cccc1C)c1cccc(C(CC)Nc2c(C)cccc2C)n1. The Balaban J connectivity index is 1.88. The molecule has 1 heterocycles. The van der Waals surface area contributed by atoms with Gasteiger partial charge in [0.1, 0.15) is 0 Å². The third kappa shape index (κ3) is 4.84. The molecule has 158 valence electrons. The molecule has 2 aromatic carbocycles. The van der Waals surface area contributed by atoms with Crippen LogP contribution in [0.4, 0.5) is 11.4 Å². The first-order chi connectivity index (χ1) is 14.4. The van der Waals surface area contributed by atoms with E-state index in [1.807, 2.05) is 0 Å². The van der Waals surface area contributed by atoms with Gasteiger partial charge in [-0.25, -0.2) is 0 Å². The minimum Gasteiger partial charge on any atom is -0.376 e. The van der Waals surface area contributed by atoms with E-state index in [9.17, 15) is 0 Å². The van der Waals surface area contributed by atoms with Crippen LogP contribution in [-0.4, -0.2) is 4.98 Å². The standard InChI is InChI=1S/C27H35N3/c1-7-22(29-26-18(3)12-9-13-19(26)4)24-16-11-17-25(28-24)23(8-2)30-27-20(5)14-10-15-21(27)6/h9-17,22-23,29-30H,7-8H2,1-6H3. The number of benzene rings is 2. The van der Waals surface area contributed by atoms with Crippen LogP contribution in [0, 0.1) is 27.7 Å². The Bertz CT molecular complexity index is 876. The van der Waals surface area contributed by atoms with Crippen LogP contribution in [-0.2, 0) is 0 Å². The maximum absolute atomic E-state index is 5.10. The van der Waals surface area contributed by atoms with E-state index in [1.54, 1.807) is 0 Å². The van der Waals surface area contributed by atoms with E-state index in [-0.39, 0.29) is 12.1 Å². The average Bonchev–Trinajstić information content (AvgIpc) is 2.74. The summed E-state index contributed by atoms with van der Waals surface area (Å²) in [5, 5.41) is 7.50. The normalized spacial score (nSPS) is 13.0. The zero-order valence-electron chi connectivity index (χ0n) is 19.2. The number of hydrogen-bond donors (Lipinski definition) is 2. The Labute approximate surface area is 182 Å². The van der Waals surface area contributed by atoms with Crippen LogP contribution in [0.1, 0.15) is 72.4 Å². The molecule has 0 aliphatic rings. The minimum atomic E-state index is 0.183. The van der Waals surface area contributed by atoms with E-state index in [0.717, 1.165) is 24.2 Å². The highest BCUT2D eigenvalue weighted by molar-refractivity contribution is 5.58. The largest absolute Gasteiger partial charge is 0.376 e. The molecule has 2 atom stereocenters. The van der Waals surface area contributed by atoms with Crippen molar-refractivity contribution in [3.8, 4) is 0 Å². The molecule has 0 bridgehead atoms. The van der Waals surface area contributed by atoms with Gasteiger partial charge in [0.05, 0.1) is 23.5 Å². The van der Waals surface area contributed by atoms with Crippen molar-refractivity contribution >= 4 is 11.4 Å². The molecule has 2 unspecified atom stereocenters. The van der Waals surface area contributed by atoms with Gasteiger partial charge in [0.25, 0.3) is 0 Å². The molecule has 3 rings (SSSR count). The molecule has 0 fully saturated rings. The number of rotatable bonds is 8. The van der Waals surface area contributed by atoms with Gasteiger partial charge >= 0.3 is 0 Å². The van der Waals surface area contributed by atoms with Gasteiger partial charge in [-0.1, -0.05) is 56.3 Å². The molecule has 2 N–H and O–H groups in total. The summed E-state index contributed by atoms with van der Waals surface area (Å²) in [5.41, 5.74) is 9.72. The number of aromatic nitrogens is 1. The predicted molar refractivity (Wildman–Crippen MR) is 129 cm³/mol. The first-order valence-electron chi connectivity index (χ1n) is 11.1. The number of nitrogens with zero attached hydrogens (tertiary/aromatic N) is 1. The molecular weight excluding hydrogens is 366 g/mol. The Morgan fingerprint density at radius 1 is 0.600 bits per heavy atom. The van der Waals surface area contributed by atoms with Crippen molar-refractivity contribution < 1.29 is 0 Å². The molecule has 3 nitrogen and oxygen atoms in total. The van der Waals surface area contributed by atoms with Crippen LogP contribution in [0.25, 0.3) is 0 Å². The molecule has 0 spiro atoms. The lowest BCUT2D eigenvalue weighted by Gasteiger charge is -2.24. The molecule has 0 aliphatic heterocycles. The van der Waals surface area contributed by atoms with E-state index in [2.05, 4.69) is 107 Å². The Morgan fingerprint density at radius 2 is 0.933 bits per heavy atom. The second-order valence-electron chi connectivity index (χ2n) is 8.23. The van der Waals surface area contributed by atoms with Gasteiger partial charge in [-0.3, -0.25) is 4.98 Å². The lowest BCUT2D eigenvalue weighted by atomic mass is 10.0. The van der Waals surface area contributed by atoms with Gasteiger partial charge < -0.3 is 10.6 Å². The van der Waals surface area contributed by atoms with Crippen molar-refractivity contribution in [2.75, 3.05) is 10.6 Å². The summed E-state index contributed by atoms with van der Waals surface area (Å²) in [6.07, 6.45) is 1.96. The van der Waals surface area contributed by atoms with Crippen LogP contribution >= 0.6 is 0 Å². The van der Waals surface area contributed by atoms with Crippen molar-refractivity contribution in [3.05, 3.63) is 88.2 Å². The summed E-state index contributed by atoms with van der Waals surface area (Å²) in [5.74, 6) is 0. The topological polar surface area (TPSA) is 37.0 Å². The molecule has 0 radical (unpaired) electrons. The molecule has 0 saturated heterocycles. The molecule has 1 aromatic heterocycles. The fourth-order valence-electron chi connectivity index (χ4n) is 4.06. The lowest BCUT2D eigenvalue weighted by Crippen LogP contribution is -2.17. The maximum atomic E-state index is 5.10. The lowest BCUT2D eigenvalue weighted by molar-refractivity contribution is 0.680. The fourth-order valence-corrected chi connectivity index (χ4v) is 4.06. The first-order valence-corrected chi connectivity index (χ1v) is 11.1. The number of nitrogens with one attached hydrogen (secondary N) is 2. The zero-order chi connectivity index (χ0) is 21.7. The Morgan fingerprint density at radius 3 is 1.27 bits per heavy atom. The Kier molecular flexibility index (Phi) is 7.15. The summed E-state index contributed by atoms with van der Waals surface area (Å²) in [6.45, 7) is 13.1. The quantitative estimate of drug-likeness (QED) is 0.412. The van der Waals surface area contributed by atoms with E-state index < -0.39 is 0 Å². The second kappa shape index (κ2) is 9.80. The zero-order valence-corrected chi connectivity index (χ0v) is 19.2. The van der Waals surface area contributed by atoms with E-state index in [4.69, 9.17) is 4.98 Å². The van der Waals surface area contributed by atoms with Crippen molar-refractivity contribution in [2.24, 2.45) is 0 Å². The summed E-state index contributed by atoms with van der Waals surface area (Å²) in [6, 6.07) is 19.7. The molecular formula is C27H35N3. The van der Waals surface area contributed by atoms with Crippen LogP contribution in [0.3, 0.4) is 0 Å². The predicted octanol–water partition coefficient (Wildman–Crippen LogP) is 7.44. The smallest absolute Gasteiger partial charge is 0.0682 e. The van der Waals surface area contributed by atoms with Crippen LogP contribution < -0.4 is 10.6 Å². The van der Waals surface area contributed by atoms with E-state index in [1.165, 1.54) is 33.6 Å². The maximum Gasteiger partial charge on any atom is 0.0682 e. The summed E-state index contributed by atoms with van der Waals surface area (Å²) >= 11 is 0. The van der Waals surface area contributed by atoms with Gasteiger partial charge in [0.2, 0.25) is 0 Å². The fraction of sp³-hybridized carbons (Fsp3) is 0.370. The van der Waals surface area contributed by atoms with Gasteiger partial charge in [-0.05, 0) is 74.9 Å². The van der Waals surface area contributed by atoms with Crippen LogP contribution in [0.15, 0.2) is 54.6 Å². The molecule has 3 aromatic rings. The van der Waals surface area contributed by atoms with Crippen molar-refractivity contribution in [2.45, 2.75) is 66.5 Å². The van der Waals surface area contributed by atoms with Gasteiger partial charge in [0, 0.05) is 11.4 Å². The van der Waals surface area contributed by atoms with E-state index in [0.29, 0.717) is 0 Å². The van der Waals surface area contributed by atoms with Crippen molar-refractivity contribution in [1.29, 1.82) is 0 Å². The van der Waals surface area contributed by atoms with Gasteiger partial charge in [-0.15, -0.1) is 0 Å². The van der Waals surface area contributed by atoms with Crippen LogP contribution in [0.5, 0.6) is 0 Å². The monoisotopic (exact) mass is 401 g/mol.